The van der Waals surface area contributed by atoms with Crippen LogP contribution in [0, 0.1) is 0 Å². The lowest BCUT2D eigenvalue weighted by Gasteiger charge is -2.34. The number of ether oxygens (including phenoxy) is 2. The Morgan fingerprint density at radius 2 is 0.895 bits per heavy atom. The average molecular weight is 887 g/mol. The van der Waals surface area contributed by atoms with E-state index < -0.39 is 5.41 Å². The molecule has 0 fully saturated rings. The minimum absolute atomic E-state index is 0.117. The largest absolute Gasteiger partial charge is 0.483 e. The second-order valence-corrected chi connectivity index (χ2v) is 18.3. The van der Waals surface area contributed by atoms with Gasteiger partial charge in [0.25, 0.3) is 11.8 Å². The predicted molar refractivity (Wildman–Crippen MR) is 238 cm³/mol. The van der Waals surface area contributed by atoms with Crippen LogP contribution < -0.4 is 20.1 Å². The first-order valence-electron chi connectivity index (χ1n) is 19.0. The zero-order valence-corrected chi connectivity index (χ0v) is 36.2. The molecule has 6 nitrogen and oxygen atoms in total. The van der Waals surface area contributed by atoms with Crippen LogP contribution in [0.15, 0.2) is 142 Å². The highest BCUT2D eigenvalue weighted by molar-refractivity contribution is 9.10. The van der Waals surface area contributed by atoms with Crippen molar-refractivity contribution >= 4 is 55.0 Å². The minimum atomic E-state index is -0.652. The van der Waals surface area contributed by atoms with Gasteiger partial charge in [0.15, 0.2) is 13.2 Å². The molecule has 8 heteroatoms. The van der Waals surface area contributed by atoms with Crippen molar-refractivity contribution in [2.45, 2.75) is 57.8 Å². The molecule has 2 amide bonds. The number of amides is 2. The van der Waals surface area contributed by atoms with Gasteiger partial charge in [-0.15, -0.1) is 0 Å². The molecule has 290 valence electrons. The molecule has 0 aliphatic heterocycles. The molecule has 0 radical (unpaired) electrons. The third kappa shape index (κ3) is 8.30. The summed E-state index contributed by atoms with van der Waals surface area (Å²) < 4.78 is 14.0. The van der Waals surface area contributed by atoms with Crippen LogP contribution in [-0.4, -0.2) is 25.0 Å². The van der Waals surface area contributed by atoms with Gasteiger partial charge in [-0.2, -0.15) is 0 Å². The first kappa shape index (κ1) is 40.0. The second kappa shape index (κ2) is 16.0. The smallest absolute Gasteiger partial charge is 0.262 e. The van der Waals surface area contributed by atoms with E-state index >= 15 is 0 Å². The lowest BCUT2D eigenvalue weighted by molar-refractivity contribution is -0.118. The molecule has 1 aliphatic rings. The minimum Gasteiger partial charge on any atom is -0.483 e. The number of nitrogens with one attached hydrogen (secondary N) is 2. The summed E-state index contributed by atoms with van der Waals surface area (Å²) in [6.45, 7) is 12.5. The number of hydrogen-bond acceptors (Lipinski definition) is 4. The molecule has 0 spiro atoms. The van der Waals surface area contributed by atoms with Gasteiger partial charge in [-0.05, 0) is 105 Å². The van der Waals surface area contributed by atoms with Gasteiger partial charge in [0.05, 0.1) is 5.41 Å². The van der Waals surface area contributed by atoms with E-state index in [0.717, 1.165) is 42.3 Å². The molecule has 7 rings (SSSR count). The lowest BCUT2D eigenvalue weighted by atomic mass is 9.67. The maximum absolute atomic E-state index is 13.2. The Bertz CT molecular complexity index is 2270. The Hall–Kier alpha value is -5.18. The van der Waals surface area contributed by atoms with Crippen molar-refractivity contribution in [3.8, 4) is 22.6 Å². The molecule has 0 aromatic heterocycles. The normalized spacial score (nSPS) is 13.0. The van der Waals surface area contributed by atoms with Crippen molar-refractivity contribution in [3.05, 3.63) is 176 Å². The average Bonchev–Trinajstić information content (AvgIpc) is 3.48. The van der Waals surface area contributed by atoms with Crippen molar-refractivity contribution in [1.29, 1.82) is 0 Å². The van der Waals surface area contributed by atoms with Crippen molar-refractivity contribution in [3.63, 3.8) is 0 Å². The van der Waals surface area contributed by atoms with E-state index in [1.165, 1.54) is 11.1 Å². The quantitative estimate of drug-likeness (QED) is 0.143. The van der Waals surface area contributed by atoms with Gasteiger partial charge >= 0.3 is 0 Å². The summed E-state index contributed by atoms with van der Waals surface area (Å²) in [4.78, 5) is 26.3. The highest BCUT2D eigenvalue weighted by Crippen LogP contribution is 2.56. The maximum Gasteiger partial charge on any atom is 0.262 e. The van der Waals surface area contributed by atoms with Gasteiger partial charge in [-0.25, -0.2) is 0 Å². The summed E-state index contributed by atoms with van der Waals surface area (Å²) in [5.74, 6) is 0.884. The number of anilines is 2. The monoisotopic (exact) mass is 884 g/mol. The number of fused-ring (bicyclic) bond motifs is 3. The summed E-state index contributed by atoms with van der Waals surface area (Å²) in [5.41, 5.74) is 9.19. The molecule has 0 heterocycles. The van der Waals surface area contributed by atoms with Crippen LogP contribution in [0.25, 0.3) is 11.1 Å². The molecule has 0 saturated carbocycles. The molecular weight excluding hydrogens is 840 g/mol. The number of carbonyl (C=O) groups is 2. The third-order valence-electron chi connectivity index (χ3n) is 10.4. The highest BCUT2D eigenvalue weighted by Gasteiger charge is 2.45. The summed E-state index contributed by atoms with van der Waals surface area (Å²) >= 11 is 7.11. The maximum atomic E-state index is 13.2. The first-order chi connectivity index (χ1) is 27.1. The first-order valence-corrected chi connectivity index (χ1v) is 20.6. The van der Waals surface area contributed by atoms with Crippen LogP contribution in [0.1, 0.15) is 74.9 Å². The third-order valence-corrected chi connectivity index (χ3v) is 11.4. The standard InChI is InChI=1S/C49H46Br2N2O4/c1-47(2,3)41-27-33(50)19-25-43(41)56-29-45(54)52-35-21-15-31(16-22-35)49(39-13-9-7-11-37(39)38-12-8-10-14-40(38)49)32-17-23-36(24-18-32)53-46(55)30-57-44-26-20-34(51)28-42(44)48(4,5)6/h7-28H,29-30H2,1-6H3,(H,52,54)(H,53,55). The number of rotatable bonds is 10. The van der Waals surface area contributed by atoms with Gasteiger partial charge < -0.3 is 20.1 Å². The summed E-state index contributed by atoms with van der Waals surface area (Å²) in [7, 11) is 0. The van der Waals surface area contributed by atoms with E-state index in [9.17, 15) is 9.59 Å². The van der Waals surface area contributed by atoms with Crippen LogP contribution in [-0.2, 0) is 25.8 Å². The molecule has 0 saturated heterocycles. The number of carbonyl (C=O) groups excluding carboxylic acids is 2. The molecule has 6 aromatic carbocycles. The fraction of sp³-hybridized carbons (Fsp3) is 0.224. The summed E-state index contributed by atoms with van der Waals surface area (Å²) in [6.07, 6.45) is 0. The Labute approximate surface area is 352 Å². The van der Waals surface area contributed by atoms with Gasteiger partial charge in [0, 0.05) is 31.4 Å². The fourth-order valence-electron chi connectivity index (χ4n) is 7.74. The zero-order chi connectivity index (χ0) is 40.5. The molecular formula is C49H46Br2N2O4. The predicted octanol–water partition coefficient (Wildman–Crippen LogP) is 12.2. The van der Waals surface area contributed by atoms with E-state index in [-0.39, 0.29) is 35.9 Å². The number of benzene rings is 6. The van der Waals surface area contributed by atoms with E-state index in [1.54, 1.807) is 0 Å². The Kier molecular flexibility index (Phi) is 11.2. The second-order valence-electron chi connectivity index (χ2n) is 16.5. The van der Waals surface area contributed by atoms with E-state index in [4.69, 9.17) is 9.47 Å². The summed E-state index contributed by atoms with van der Waals surface area (Å²) in [6, 6.07) is 44.9. The highest BCUT2D eigenvalue weighted by atomic mass is 79.9. The van der Waals surface area contributed by atoms with Crippen LogP contribution >= 0.6 is 31.9 Å². The molecule has 0 unspecified atom stereocenters. The molecule has 1 aliphatic carbocycles. The Morgan fingerprint density at radius 1 is 0.526 bits per heavy atom. The Balaban J connectivity index is 1.14. The van der Waals surface area contributed by atoms with E-state index in [0.29, 0.717) is 22.9 Å². The molecule has 2 N–H and O–H groups in total. The van der Waals surface area contributed by atoms with Crippen molar-refractivity contribution < 1.29 is 19.1 Å². The van der Waals surface area contributed by atoms with Gasteiger partial charge in [-0.3, -0.25) is 9.59 Å². The van der Waals surface area contributed by atoms with Crippen LogP contribution in [0.4, 0.5) is 11.4 Å². The van der Waals surface area contributed by atoms with Crippen molar-refractivity contribution in [2.24, 2.45) is 0 Å². The molecule has 57 heavy (non-hydrogen) atoms. The van der Waals surface area contributed by atoms with Gasteiger partial charge in [0.1, 0.15) is 11.5 Å². The SMILES string of the molecule is CC(C)(C)c1cc(Br)ccc1OCC(=O)Nc1ccc(C2(c3ccc(NC(=O)COc4ccc(Br)cc4C(C)(C)C)cc3)c3ccccc3-c3ccccc32)cc1. The summed E-state index contributed by atoms with van der Waals surface area (Å²) in [5, 5.41) is 6.05. The van der Waals surface area contributed by atoms with Crippen molar-refractivity contribution in [1.82, 2.24) is 0 Å². The van der Waals surface area contributed by atoms with Crippen LogP contribution in [0.5, 0.6) is 11.5 Å². The Morgan fingerprint density at radius 3 is 1.26 bits per heavy atom. The zero-order valence-electron chi connectivity index (χ0n) is 33.0. The number of hydrogen-bond donors (Lipinski definition) is 2. The molecule has 6 aromatic rings. The number of halogens is 2. The fourth-order valence-corrected chi connectivity index (χ4v) is 8.46. The van der Waals surface area contributed by atoms with Crippen molar-refractivity contribution in [2.75, 3.05) is 23.8 Å². The van der Waals surface area contributed by atoms with Crippen LogP contribution in [0.3, 0.4) is 0 Å². The van der Waals surface area contributed by atoms with E-state index in [2.05, 4.69) is 157 Å². The van der Waals surface area contributed by atoms with Gasteiger partial charge in [-0.1, -0.05) is 146 Å². The molecule has 0 atom stereocenters. The molecule has 0 bridgehead atoms. The van der Waals surface area contributed by atoms with E-state index in [1.807, 2.05) is 60.7 Å². The van der Waals surface area contributed by atoms with Crippen LogP contribution in [0.2, 0.25) is 0 Å². The topological polar surface area (TPSA) is 76.7 Å². The lowest BCUT2D eigenvalue weighted by Crippen LogP contribution is -2.29. The van der Waals surface area contributed by atoms with Gasteiger partial charge in [0.2, 0.25) is 0 Å².